The molecule has 0 aliphatic carbocycles. The van der Waals surface area contributed by atoms with Crippen molar-refractivity contribution in [3.8, 4) is 6.07 Å². The van der Waals surface area contributed by atoms with Crippen molar-refractivity contribution in [3.63, 3.8) is 0 Å². The molecule has 2 heterocycles. The fraction of sp³-hybridized carbons (Fsp3) is 0.520. The van der Waals surface area contributed by atoms with Crippen molar-refractivity contribution >= 4 is 0 Å². The average molecular weight is 499 g/mol. The van der Waals surface area contributed by atoms with E-state index in [1.54, 1.807) is 44.0 Å². The van der Waals surface area contributed by atoms with Gasteiger partial charge in [-0.05, 0) is 75.9 Å². The number of hydrogen-bond donors (Lipinski definition) is 1. The van der Waals surface area contributed by atoms with Gasteiger partial charge >= 0.3 is 12.4 Å². The van der Waals surface area contributed by atoms with E-state index in [0.717, 1.165) is 5.69 Å². The van der Waals surface area contributed by atoms with Gasteiger partial charge in [-0.2, -0.15) is 31.6 Å². The Morgan fingerprint density at radius 2 is 1.63 bits per heavy atom. The van der Waals surface area contributed by atoms with Crippen molar-refractivity contribution < 1.29 is 31.4 Å². The van der Waals surface area contributed by atoms with Crippen LogP contribution >= 0.6 is 0 Å². The molecule has 1 fully saturated rings. The zero-order valence-electron chi connectivity index (χ0n) is 19.6. The van der Waals surface area contributed by atoms with E-state index >= 15 is 0 Å². The van der Waals surface area contributed by atoms with Gasteiger partial charge in [0.2, 0.25) is 0 Å². The Morgan fingerprint density at radius 1 is 1.03 bits per heavy atom. The lowest BCUT2D eigenvalue weighted by Crippen LogP contribution is -2.68. The van der Waals surface area contributed by atoms with Gasteiger partial charge in [-0.25, -0.2) is 0 Å². The summed E-state index contributed by atoms with van der Waals surface area (Å²) in [6.45, 7) is 4.53. The standard InChI is InChI=1S/C25H27F6N3O/c1-17-4-9-20(15-33-17)21(2,3)34-13-12-22(16-34,23(35,24(26,27)28)25(29,30)31)11-10-18-5-7-19(14-32)8-6-18/h4-9,15,35H,10-13,16H2,1-3H3/t22-/m1/s1. The van der Waals surface area contributed by atoms with Crippen molar-refractivity contribution in [2.45, 2.75) is 63.5 Å². The van der Waals surface area contributed by atoms with Gasteiger partial charge in [0.05, 0.1) is 11.6 Å². The first kappa shape index (κ1) is 27.0. The fourth-order valence-electron chi connectivity index (χ4n) is 4.93. The zero-order valence-corrected chi connectivity index (χ0v) is 19.6. The van der Waals surface area contributed by atoms with Gasteiger partial charge in [0.1, 0.15) is 0 Å². The van der Waals surface area contributed by atoms with E-state index in [-0.39, 0.29) is 13.0 Å². The van der Waals surface area contributed by atoms with Gasteiger partial charge in [-0.3, -0.25) is 9.88 Å². The molecule has 0 spiro atoms. The maximum absolute atomic E-state index is 14.1. The van der Waals surface area contributed by atoms with Crippen LogP contribution in [-0.4, -0.2) is 46.0 Å². The fourth-order valence-corrected chi connectivity index (χ4v) is 4.93. The molecular weight excluding hydrogens is 472 g/mol. The number of aliphatic hydroxyl groups is 1. The van der Waals surface area contributed by atoms with Crippen LogP contribution in [0.4, 0.5) is 26.3 Å². The molecule has 1 saturated heterocycles. The third-order valence-corrected chi connectivity index (χ3v) is 7.33. The minimum Gasteiger partial charge on any atom is -0.373 e. The molecule has 1 aliphatic rings. The maximum Gasteiger partial charge on any atom is 0.426 e. The van der Waals surface area contributed by atoms with E-state index in [2.05, 4.69) is 4.98 Å². The highest BCUT2D eigenvalue weighted by atomic mass is 19.4. The van der Waals surface area contributed by atoms with Crippen LogP contribution < -0.4 is 0 Å². The summed E-state index contributed by atoms with van der Waals surface area (Å²) in [7, 11) is 0. The molecule has 0 amide bonds. The highest BCUT2D eigenvalue weighted by Gasteiger charge is 2.79. The highest BCUT2D eigenvalue weighted by molar-refractivity contribution is 5.32. The van der Waals surface area contributed by atoms with Gasteiger partial charge in [-0.1, -0.05) is 18.2 Å². The van der Waals surface area contributed by atoms with E-state index in [1.807, 2.05) is 6.07 Å². The topological polar surface area (TPSA) is 60.2 Å². The van der Waals surface area contributed by atoms with Gasteiger partial charge in [-0.15, -0.1) is 0 Å². The second kappa shape index (κ2) is 9.10. The molecule has 4 nitrogen and oxygen atoms in total. The molecule has 0 bridgehead atoms. The summed E-state index contributed by atoms with van der Waals surface area (Å²) in [6.07, 6.45) is -11.5. The van der Waals surface area contributed by atoms with Gasteiger partial charge in [0.15, 0.2) is 0 Å². The molecule has 0 radical (unpaired) electrons. The van der Waals surface area contributed by atoms with E-state index < -0.39 is 48.3 Å². The van der Waals surface area contributed by atoms with Gasteiger partial charge < -0.3 is 5.11 Å². The molecule has 10 heteroatoms. The Bertz CT molecular complexity index is 1060. The number of hydrogen-bond acceptors (Lipinski definition) is 4. The number of pyridine rings is 1. The molecule has 1 aliphatic heterocycles. The summed E-state index contributed by atoms with van der Waals surface area (Å²) in [4.78, 5) is 5.77. The number of alkyl halides is 6. The van der Waals surface area contributed by atoms with E-state index in [9.17, 15) is 31.4 Å². The molecule has 35 heavy (non-hydrogen) atoms. The Labute approximate surface area is 200 Å². The van der Waals surface area contributed by atoms with Crippen LogP contribution in [0.15, 0.2) is 42.6 Å². The zero-order chi connectivity index (χ0) is 26.3. The Kier molecular flexibility index (Phi) is 7.01. The van der Waals surface area contributed by atoms with E-state index in [1.165, 1.54) is 24.3 Å². The number of benzene rings is 1. The average Bonchev–Trinajstić information content (AvgIpc) is 3.23. The molecule has 0 saturated carbocycles. The lowest BCUT2D eigenvalue weighted by Gasteiger charge is -2.47. The first-order valence-electron chi connectivity index (χ1n) is 11.1. The van der Waals surface area contributed by atoms with Crippen LogP contribution in [0.25, 0.3) is 0 Å². The van der Waals surface area contributed by atoms with E-state index in [4.69, 9.17) is 5.26 Å². The van der Waals surface area contributed by atoms with Crippen LogP contribution in [0, 0.1) is 23.7 Å². The molecule has 0 unspecified atom stereocenters. The predicted molar refractivity (Wildman–Crippen MR) is 117 cm³/mol. The molecule has 1 atom stereocenters. The lowest BCUT2D eigenvalue weighted by atomic mass is 9.66. The number of aromatic nitrogens is 1. The number of halogens is 6. The van der Waals surface area contributed by atoms with E-state index in [0.29, 0.717) is 16.7 Å². The minimum absolute atomic E-state index is 0.0667. The quantitative estimate of drug-likeness (QED) is 0.520. The normalized spacial score (nSPS) is 20.1. The first-order valence-corrected chi connectivity index (χ1v) is 11.1. The smallest absolute Gasteiger partial charge is 0.373 e. The molecule has 1 aromatic carbocycles. The number of nitriles is 1. The van der Waals surface area contributed by atoms with Crippen molar-refractivity contribution in [2.75, 3.05) is 13.1 Å². The summed E-state index contributed by atoms with van der Waals surface area (Å²) < 4.78 is 84.5. The summed E-state index contributed by atoms with van der Waals surface area (Å²) in [6, 6.07) is 11.3. The molecule has 1 N–H and O–H groups in total. The summed E-state index contributed by atoms with van der Waals surface area (Å²) in [5.41, 5.74) is -6.17. The molecule has 2 aromatic rings. The largest absolute Gasteiger partial charge is 0.426 e. The Balaban J connectivity index is 2.03. The Hall–Kier alpha value is -2.64. The maximum atomic E-state index is 14.1. The summed E-state index contributed by atoms with van der Waals surface area (Å²) in [5, 5.41) is 19.5. The van der Waals surface area contributed by atoms with Crippen LogP contribution in [0.1, 0.15) is 49.1 Å². The van der Waals surface area contributed by atoms with Gasteiger partial charge in [0.25, 0.3) is 5.60 Å². The minimum atomic E-state index is -5.93. The molecule has 190 valence electrons. The molecule has 3 rings (SSSR count). The van der Waals surface area contributed by atoms with Crippen molar-refractivity contribution in [1.29, 1.82) is 5.26 Å². The van der Waals surface area contributed by atoms with Crippen molar-refractivity contribution in [3.05, 3.63) is 65.0 Å². The number of aryl methyl sites for hydroxylation is 2. The van der Waals surface area contributed by atoms with Crippen LogP contribution in [-0.2, 0) is 12.0 Å². The molecular formula is C25H27F6N3O. The van der Waals surface area contributed by atoms with Crippen molar-refractivity contribution in [1.82, 2.24) is 9.88 Å². The first-order chi connectivity index (χ1) is 16.1. The summed E-state index contributed by atoms with van der Waals surface area (Å²) in [5.74, 6) is 0. The van der Waals surface area contributed by atoms with Crippen LogP contribution in [0.5, 0.6) is 0 Å². The third kappa shape index (κ3) is 4.76. The third-order valence-electron chi connectivity index (χ3n) is 7.33. The predicted octanol–water partition coefficient (Wildman–Crippen LogP) is 5.68. The van der Waals surface area contributed by atoms with Crippen LogP contribution in [0.3, 0.4) is 0 Å². The number of rotatable bonds is 6. The second-order valence-corrected chi connectivity index (χ2v) is 9.71. The van der Waals surface area contributed by atoms with Crippen LogP contribution in [0.2, 0.25) is 0 Å². The summed E-state index contributed by atoms with van der Waals surface area (Å²) >= 11 is 0. The number of nitrogens with zero attached hydrogens (tertiary/aromatic N) is 3. The Morgan fingerprint density at radius 3 is 2.11 bits per heavy atom. The monoisotopic (exact) mass is 499 g/mol. The number of likely N-dealkylation sites (tertiary alicyclic amines) is 1. The second-order valence-electron chi connectivity index (χ2n) is 9.71. The highest BCUT2D eigenvalue weighted by Crippen LogP contribution is 2.59. The van der Waals surface area contributed by atoms with Gasteiger partial charge in [0, 0.05) is 29.4 Å². The van der Waals surface area contributed by atoms with Crippen molar-refractivity contribution in [2.24, 2.45) is 5.41 Å². The SMILES string of the molecule is Cc1ccc(C(C)(C)N2CC[C@@](CCc3ccc(C#N)cc3)(C(O)(C(F)(F)F)C(F)(F)F)C2)cn1. The molecule has 1 aromatic heterocycles. The lowest BCUT2D eigenvalue weighted by molar-refractivity contribution is -0.403.